The molecule has 0 radical (unpaired) electrons. The molecule has 0 atom stereocenters. The zero-order valence-corrected chi connectivity index (χ0v) is 19.5. The van der Waals surface area contributed by atoms with Crippen molar-refractivity contribution < 1.29 is 14.3 Å². The van der Waals surface area contributed by atoms with Crippen LogP contribution in [0, 0.1) is 0 Å². The molecule has 0 spiro atoms. The van der Waals surface area contributed by atoms with Crippen LogP contribution in [0.15, 0.2) is 70.6 Å². The SMILES string of the molecule is COc1ccc(/C=C2\SC(N3CCN(c4cccc5ccccc45)CC3)=NC2=O)cc1OC. The maximum atomic E-state index is 12.6. The predicted molar refractivity (Wildman–Crippen MR) is 135 cm³/mol. The molecule has 2 aliphatic rings. The Balaban J connectivity index is 1.27. The summed E-state index contributed by atoms with van der Waals surface area (Å²) in [6, 6.07) is 20.5. The fourth-order valence-corrected chi connectivity index (χ4v) is 5.21. The third-order valence-electron chi connectivity index (χ3n) is 5.97. The minimum atomic E-state index is -0.193. The van der Waals surface area contributed by atoms with Gasteiger partial charge in [0.1, 0.15) is 0 Å². The summed E-state index contributed by atoms with van der Waals surface area (Å²) in [5.41, 5.74) is 2.14. The molecular weight excluding hydrogens is 434 g/mol. The number of amides is 1. The highest BCUT2D eigenvalue weighted by atomic mass is 32.2. The van der Waals surface area contributed by atoms with Crippen molar-refractivity contribution in [2.45, 2.75) is 0 Å². The number of hydrogen-bond acceptors (Lipinski definition) is 6. The molecule has 1 saturated heterocycles. The Morgan fingerprint density at radius 1 is 0.879 bits per heavy atom. The van der Waals surface area contributed by atoms with Crippen LogP contribution in [0.5, 0.6) is 11.5 Å². The Labute approximate surface area is 197 Å². The smallest absolute Gasteiger partial charge is 0.286 e. The van der Waals surface area contributed by atoms with Crippen LogP contribution in [0.1, 0.15) is 5.56 Å². The molecule has 2 aliphatic heterocycles. The zero-order valence-electron chi connectivity index (χ0n) is 18.7. The summed E-state index contributed by atoms with van der Waals surface area (Å²) in [6.45, 7) is 3.42. The summed E-state index contributed by atoms with van der Waals surface area (Å²) >= 11 is 1.44. The van der Waals surface area contributed by atoms with Crippen molar-refractivity contribution in [3.05, 3.63) is 71.1 Å². The molecule has 0 unspecified atom stereocenters. The molecule has 0 aromatic heterocycles. The van der Waals surface area contributed by atoms with Crippen LogP contribution in [0.2, 0.25) is 0 Å². The summed E-state index contributed by atoms with van der Waals surface area (Å²) in [5, 5.41) is 3.31. The van der Waals surface area contributed by atoms with Gasteiger partial charge in [-0.05, 0) is 47.0 Å². The van der Waals surface area contributed by atoms with Crippen molar-refractivity contribution in [1.29, 1.82) is 0 Å². The average molecular weight is 460 g/mol. The largest absolute Gasteiger partial charge is 0.493 e. The number of benzene rings is 3. The highest BCUT2D eigenvalue weighted by Crippen LogP contribution is 2.34. The highest BCUT2D eigenvalue weighted by Gasteiger charge is 2.29. The van der Waals surface area contributed by atoms with Crippen LogP contribution in [0.4, 0.5) is 5.69 Å². The number of rotatable bonds is 4. The molecule has 33 heavy (non-hydrogen) atoms. The molecule has 6 nitrogen and oxygen atoms in total. The van der Waals surface area contributed by atoms with Crippen molar-refractivity contribution in [3.8, 4) is 11.5 Å². The van der Waals surface area contributed by atoms with Gasteiger partial charge in [-0.15, -0.1) is 0 Å². The van der Waals surface area contributed by atoms with Gasteiger partial charge in [-0.3, -0.25) is 4.79 Å². The maximum Gasteiger partial charge on any atom is 0.286 e. The van der Waals surface area contributed by atoms with E-state index in [2.05, 4.69) is 57.3 Å². The molecule has 2 heterocycles. The normalized spacial score (nSPS) is 17.6. The van der Waals surface area contributed by atoms with E-state index in [0.29, 0.717) is 16.4 Å². The number of piperazine rings is 1. The predicted octanol–water partition coefficient (Wildman–Crippen LogP) is 4.65. The number of carbonyl (C=O) groups excluding carboxylic acids is 1. The maximum absolute atomic E-state index is 12.6. The van der Waals surface area contributed by atoms with E-state index >= 15 is 0 Å². The second-order valence-electron chi connectivity index (χ2n) is 7.90. The molecule has 5 rings (SSSR count). The van der Waals surface area contributed by atoms with E-state index in [9.17, 15) is 4.79 Å². The van der Waals surface area contributed by atoms with Crippen LogP contribution in [0.3, 0.4) is 0 Å². The molecule has 3 aromatic rings. The van der Waals surface area contributed by atoms with Crippen LogP contribution >= 0.6 is 11.8 Å². The minimum absolute atomic E-state index is 0.193. The van der Waals surface area contributed by atoms with Crippen molar-refractivity contribution in [1.82, 2.24) is 4.90 Å². The van der Waals surface area contributed by atoms with Crippen molar-refractivity contribution in [2.24, 2.45) is 4.99 Å². The van der Waals surface area contributed by atoms with Crippen molar-refractivity contribution in [2.75, 3.05) is 45.3 Å². The Bertz CT molecular complexity index is 1260. The summed E-state index contributed by atoms with van der Waals surface area (Å²) in [5.74, 6) is 1.10. The van der Waals surface area contributed by atoms with E-state index < -0.39 is 0 Å². The number of amidine groups is 1. The topological polar surface area (TPSA) is 54.4 Å². The highest BCUT2D eigenvalue weighted by molar-refractivity contribution is 8.18. The average Bonchev–Trinajstić information content (AvgIpc) is 3.23. The number of hydrogen-bond donors (Lipinski definition) is 0. The number of nitrogens with zero attached hydrogens (tertiary/aromatic N) is 3. The van der Waals surface area contributed by atoms with Gasteiger partial charge in [0.05, 0.1) is 19.1 Å². The Hall–Kier alpha value is -3.45. The Morgan fingerprint density at radius 3 is 2.39 bits per heavy atom. The minimum Gasteiger partial charge on any atom is -0.493 e. The van der Waals surface area contributed by atoms with E-state index in [1.165, 1.54) is 28.2 Å². The third-order valence-corrected chi connectivity index (χ3v) is 7.02. The fourth-order valence-electron chi connectivity index (χ4n) is 4.25. The van der Waals surface area contributed by atoms with Crippen LogP contribution < -0.4 is 14.4 Å². The number of aliphatic imine (C=N–C) groups is 1. The first-order valence-electron chi connectivity index (χ1n) is 10.9. The summed E-state index contributed by atoms with van der Waals surface area (Å²) in [7, 11) is 3.20. The first kappa shape index (κ1) is 21.4. The van der Waals surface area contributed by atoms with Gasteiger partial charge in [-0.2, -0.15) is 4.99 Å². The van der Waals surface area contributed by atoms with Gasteiger partial charge in [0.25, 0.3) is 5.91 Å². The van der Waals surface area contributed by atoms with Gasteiger partial charge in [-0.1, -0.05) is 42.5 Å². The zero-order chi connectivity index (χ0) is 22.8. The van der Waals surface area contributed by atoms with Gasteiger partial charge in [0.15, 0.2) is 16.7 Å². The van der Waals surface area contributed by atoms with Crippen molar-refractivity contribution in [3.63, 3.8) is 0 Å². The molecule has 3 aromatic carbocycles. The molecule has 0 saturated carbocycles. The number of ether oxygens (including phenoxy) is 2. The molecule has 0 bridgehead atoms. The van der Waals surface area contributed by atoms with Crippen LogP contribution in [0.25, 0.3) is 16.8 Å². The third kappa shape index (κ3) is 4.28. The van der Waals surface area contributed by atoms with E-state index in [0.717, 1.165) is 36.9 Å². The van der Waals surface area contributed by atoms with E-state index in [4.69, 9.17) is 9.47 Å². The molecule has 0 N–H and O–H groups in total. The number of thioether (sulfide) groups is 1. The van der Waals surface area contributed by atoms with Gasteiger partial charge in [0.2, 0.25) is 0 Å². The van der Waals surface area contributed by atoms with Crippen LogP contribution in [-0.4, -0.2) is 56.4 Å². The van der Waals surface area contributed by atoms with Gasteiger partial charge in [0, 0.05) is 37.3 Å². The fraction of sp³-hybridized carbons (Fsp3) is 0.231. The lowest BCUT2D eigenvalue weighted by atomic mass is 10.1. The molecule has 1 amide bonds. The lowest BCUT2D eigenvalue weighted by molar-refractivity contribution is -0.113. The van der Waals surface area contributed by atoms with Crippen molar-refractivity contribution >= 4 is 45.4 Å². The van der Waals surface area contributed by atoms with Gasteiger partial charge in [-0.25, -0.2) is 0 Å². The lowest BCUT2D eigenvalue weighted by Crippen LogP contribution is -2.47. The second kappa shape index (κ2) is 9.19. The molecule has 1 fully saturated rings. The first-order chi connectivity index (χ1) is 16.2. The number of methoxy groups -OCH3 is 2. The van der Waals surface area contributed by atoms with E-state index in [1.54, 1.807) is 14.2 Å². The number of anilines is 1. The van der Waals surface area contributed by atoms with E-state index in [-0.39, 0.29) is 5.91 Å². The number of carbonyl (C=O) groups is 1. The Kier molecular flexibility index (Phi) is 5.96. The monoisotopic (exact) mass is 459 g/mol. The Morgan fingerprint density at radius 2 is 1.61 bits per heavy atom. The molecule has 7 heteroatoms. The molecular formula is C26H25N3O3S. The molecule has 168 valence electrons. The molecule has 0 aliphatic carbocycles. The number of fused-ring (bicyclic) bond motifs is 1. The summed E-state index contributed by atoms with van der Waals surface area (Å²) in [6.07, 6.45) is 1.86. The first-order valence-corrected chi connectivity index (χ1v) is 11.7. The van der Waals surface area contributed by atoms with Crippen LogP contribution in [-0.2, 0) is 4.79 Å². The second-order valence-corrected chi connectivity index (χ2v) is 8.91. The van der Waals surface area contributed by atoms with Gasteiger partial charge < -0.3 is 19.3 Å². The summed E-state index contributed by atoms with van der Waals surface area (Å²) < 4.78 is 10.7. The van der Waals surface area contributed by atoms with E-state index in [1.807, 2.05) is 24.3 Å². The standard InChI is InChI=1S/C26H25N3O3S/c1-31-22-11-10-18(16-23(22)32-2)17-24-25(30)27-26(33-24)29-14-12-28(13-15-29)21-9-5-7-19-6-3-4-8-20(19)21/h3-11,16-17H,12-15H2,1-2H3/b24-17-. The van der Waals surface area contributed by atoms with Gasteiger partial charge >= 0.3 is 0 Å². The quantitative estimate of drug-likeness (QED) is 0.530. The summed E-state index contributed by atoms with van der Waals surface area (Å²) in [4.78, 5) is 22.2. The lowest BCUT2D eigenvalue weighted by Gasteiger charge is -2.37.